The lowest BCUT2D eigenvalue weighted by atomic mass is 9.84. The quantitative estimate of drug-likeness (QED) is 0.691. The van der Waals surface area contributed by atoms with Crippen LogP contribution in [0.25, 0.3) is 0 Å². The lowest BCUT2D eigenvalue weighted by Crippen LogP contribution is -2.57. The summed E-state index contributed by atoms with van der Waals surface area (Å²) in [6.07, 6.45) is 6.50. The van der Waals surface area contributed by atoms with Gasteiger partial charge in [-0.2, -0.15) is 0 Å². The van der Waals surface area contributed by atoms with Crippen molar-refractivity contribution in [1.29, 1.82) is 0 Å². The summed E-state index contributed by atoms with van der Waals surface area (Å²) in [5.74, 6) is 0.996. The topological polar surface area (TPSA) is 124 Å². The molecule has 10 nitrogen and oxygen atoms in total. The molecule has 2 aromatic rings. The number of hydrogen-bond donors (Lipinski definition) is 2. The average Bonchev–Trinajstić information content (AvgIpc) is 3.39. The molecule has 0 unspecified atom stereocenters. The van der Waals surface area contributed by atoms with Crippen molar-refractivity contribution in [3.63, 3.8) is 0 Å². The molecule has 0 radical (unpaired) electrons. The Balaban J connectivity index is 1.54. The normalized spacial score (nSPS) is 24.7. The van der Waals surface area contributed by atoms with Crippen LogP contribution >= 0.6 is 0 Å². The number of amides is 1. The summed E-state index contributed by atoms with van der Waals surface area (Å²) in [5.41, 5.74) is -0.356. The van der Waals surface area contributed by atoms with Crippen LogP contribution in [0, 0.1) is 13.8 Å². The van der Waals surface area contributed by atoms with Gasteiger partial charge >= 0.3 is 0 Å². The molecule has 1 amide bonds. The van der Waals surface area contributed by atoms with Crippen molar-refractivity contribution < 1.29 is 17.7 Å². The zero-order chi connectivity index (χ0) is 21.5. The fraction of sp³-hybridized carbons (Fsp3) is 0.632. The van der Waals surface area contributed by atoms with Gasteiger partial charge in [-0.25, -0.2) is 18.1 Å². The molecule has 2 atom stereocenters. The Labute approximate surface area is 176 Å². The molecule has 2 aliphatic rings. The molecule has 2 N–H and O–H groups in total. The first-order valence-electron chi connectivity index (χ1n) is 10.2. The number of carbonyl (C=O) groups is 1. The molecule has 2 aliphatic heterocycles. The lowest BCUT2D eigenvalue weighted by Gasteiger charge is -2.42. The highest BCUT2D eigenvalue weighted by atomic mass is 32.2. The number of nitrogens with zero attached hydrogens (tertiary/aromatic N) is 4. The van der Waals surface area contributed by atoms with E-state index < -0.39 is 15.6 Å². The van der Waals surface area contributed by atoms with Crippen LogP contribution < -0.4 is 4.72 Å². The third-order valence-electron chi connectivity index (χ3n) is 6.14. The van der Waals surface area contributed by atoms with E-state index in [0.29, 0.717) is 25.2 Å². The van der Waals surface area contributed by atoms with Crippen molar-refractivity contribution in [1.82, 2.24) is 29.6 Å². The van der Waals surface area contributed by atoms with Crippen LogP contribution in [0.4, 0.5) is 0 Å². The van der Waals surface area contributed by atoms with Crippen molar-refractivity contribution >= 4 is 15.9 Å². The van der Waals surface area contributed by atoms with Crippen LogP contribution in [0.2, 0.25) is 0 Å². The molecule has 4 heterocycles. The molecule has 4 rings (SSSR count). The van der Waals surface area contributed by atoms with Gasteiger partial charge in [-0.05, 0) is 46.1 Å². The molecule has 0 aliphatic carbocycles. The number of imidazole rings is 1. The van der Waals surface area contributed by atoms with Gasteiger partial charge in [-0.3, -0.25) is 9.69 Å². The molecule has 2 saturated heterocycles. The predicted octanol–water partition coefficient (Wildman–Crippen LogP) is 0.948. The van der Waals surface area contributed by atoms with E-state index in [4.69, 9.17) is 4.52 Å². The van der Waals surface area contributed by atoms with Crippen molar-refractivity contribution in [2.24, 2.45) is 0 Å². The monoisotopic (exact) mass is 436 g/mol. The second kappa shape index (κ2) is 7.78. The highest BCUT2D eigenvalue weighted by molar-refractivity contribution is 7.89. The minimum atomic E-state index is -3.79. The van der Waals surface area contributed by atoms with Crippen LogP contribution in [0.3, 0.4) is 0 Å². The van der Waals surface area contributed by atoms with Gasteiger partial charge in [-0.15, -0.1) is 0 Å². The fourth-order valence-electron chi connectivity index (χ4n) is 4.91. The van der Waals surface area contributed by atoms with Gasteiger partial charge in [0.05, 0.1) is 6.54 Å². The van der Waals surface area contributed by atoms with Gasteiger partial charge in [0.2, 0.25) is 15.9 Å². The molecule has 11 heteroatoms. The average molecular weight is 437 g/mol. The van der Waals surface area contributed by atoms with Gasteiger partial charge < -0.3 is 14.4 Å². The number of aryl methyl sites for hydroxylation is 2. The fourth-order valence-corrected chi connectivity index (χ4v) is 6.47. The Morgan fingerprint density at radius 2 is 2.23 bits per heavy atom. The SMILES string of the molecule is Cc1noc(C)c1S(=O)(=O)N[C@@H]1CN2CCCC[C@]2(C(=O)N(C)Cc2ncc[nH]2)C1. The van der Waals surface area contributed by atoms with Crippen molar-refractivity contribution in [3.8, 4) is 0 Å². The first-order valence-corrected chi connectivity index (χ1v) is 11.7. The van der Waals surface area contributed by atoms with Gasteiger partial charge in [0.1, 0.15) is 22.0 Å². The maximum absolute atomic E-state index is 13.5. The number of likely N-dealkylation sites (N-methyl/N-ethyl adjacent to an activating group) is 1. The van der Waals surface area contributed by atoms with E-state index in [9.17, 15) is 13.2 Å². The van der Waals surface area contributed by atoms with E-state index in [1.165, 1.54) is 0 Å². The standard InChI is InChI=1S/C19H28N6O4S/c1-13-17(14(2)29-22-13)30(27,28)23-15-10-19(6-4-5-9-25(19)11-15)18(26)24(3)12-16-20-7-8-21-16/h7-8,15,23H,4-6,9-12H2,1-3H3,(H,20,21)/t15-,19+/m0/s1. The summed E-state index contributed by atoms with van der Waals surface area (Å²) < 4.78 is 33.8. The van der Waals surface area contributed by atoms with Crippen LogP contribution in [0.5, 0.6) is 0 Å². The highest BCUT2D eigenvalue weighted by Gasteiger charge is 2.53. The number of carbonyl (C=O) groups excluding carboxylic acids is 1. The summed E-state index contributed by atoms with van der Waals surface area (Å²) in [5, 5.41) is 3.76. The molecular weight excluding hydrogens is 408 g/mol. The van der Waals surface area contributed by atoms with E-state index >= 15 is 0 Å². The molecule has 30 heavy (non-hydrogen) atoms. The summed E-state index contributed by atoms with van der Waals surface area (Å²) >= 11 is 0. The highest BCUT2D eigenvalue weighted by Crippen LogP contribution is 2.40. The smallest absolute Gasteiger partial charge is 0.246 e. The molecule has 164 valence electrons. The Kier molecular flexibility index (Phi) is 5.45. The summed E-state index contributed by atoms with van der Waals surface area (Å²) in [7, 11) is -2.02. The van der Waals surface area contributed by atoms with Gasteiger partial charge in [0.25, 0.3) is 0 Å². The Bertz CT molecular complexity index is 998. The largest absolute Gasteiger partial charge is 0.360 e. The zero-order valence-electron chi connectivity index (χ0n) is 17.5. The zero-order valence-corrected chi connectivity index (χ0v) is 18.3. The number of aromatic amines is 1. The van der Waals surface area contributed by atoms with Gasteiger partial charge in [-0.1, -0.05) is 5.16 Å². The molecule has 2 aromatic heterocycles. The van der Waals surface area contributed by atoms with Crippen molar-refractivity contribution in [2.75, 3.05) is 20.1 Å². The number of piperidine rings is 1. The maximum Gasteiger partial charge on any atom is 0.246 e. The number of sulfonamides is 1. The summed E-state index contributed by atoms with van der Waals surface area (Å²) in [6.45, 7) is 4.86. The Hall–Kier alpha value is -2.24. The molecule has 0 spiro atoms. The number of nitrogens with one attached hydrogen (secondary N) is 2. The molecule has 2 fully saturated rings. The third-order valence-corrected chi connectivity index (χ3v) is 7.91. The number of aromatic nitrogens is 3. The lowest BCUT2D eigenvalue weighted by molar-refractivity contribution is -0.144. The molecular formula is C19H28N6O4S. The molecule has 0 saturated carbocycles. The molecule has 0 aromatic carbocycles. The van der Waals surface area contributed by atoms with Crippen LogP contribution in [-0.2, 0) is 21.4 Å². The Morgan fingerprint density at radius 1 is 1.43 bits per heavy atom. The van der Waals surface area contributed by atoms with E-state index in [1.54, 1.807) is 38.2 Å². The van der Waals surface area contributed by atoms with Crippen LogP contribution in [0.1, 0.15) is 43.0 Å². The van der Waals surface area contributed by atoms with Crippen LogP contribution in [0.15, 0.2) is 21.8 Å². The van der Waals surface area contributed by atoms with E-state index in [-0.39, 0.29) is 22.6 Å². The third kappa shape index (κ3) is 3.65. The Morgan fingerprint density at radius 3 is 2.90 bits per heavy atom. The van der Waals surface area contributed by atoms with Crippen molar-refractivity contribution in [3.05, 3.63) is 29.7 Å². The first-order chi connectivity index (χ1) is 14.2. The number of fused-ring (bicyclic) bond motifs is 1. The van der Waals surface area contributed by atoms with E-state index in [1.807, 2.05) is 0 Å². The second-order valence-electron chi connectivity index (χ2n) is 8.31. The maximum atomic E-state index is 13.5. The summed E-state index contributed by atoms with van der Waals surface area (Å²) in [4.78, 5) is 24.7. The summed E-state index contributed by atoms with van der Waals surface area (Å²) in [6, 6.07) is -0.359. The van der Waals surface area contributed by atoms with E-state index in [0.717, 1.165) is 31.6 Å². The number of rotatable bonds is 6. The minimum absolute atomic E-state index is 0.0117. The minimum Gasteiger partial charge on any atom is -0.360 e. The predicted molar refractivity (Wildman–Crippen MR) is 108 cm³/mol. The van der Waals surface area contributed by atoms with Crippen molar-refractivity contribution in [2.45, 2.75) is 62.6 Å². The van der Waals surface area contributed by atoms with Gasteiger partial charge in [0, 0.05) is 32.0 Å². The van der Waals surface area contributed by atoms with E-state index in [2.05, 4.69) is 24.7 Å². The number of H-pyrrole nitrogens is 1. The van der Waals surface area contributed by atoms with Gasteiger partial charge in [0.15, 0.2) is 5.76 Å². The molecule has 0 bridgehead atoms. The second-order valence-corrected chi connectivity index (χ2v) is 9.96. The number of hydrogen-bond acceptors (Lipinski definition) is 7. The first kappa shape index (κ1) is 21.0. The van der Waals surface area contributed by atoms with Crippen LogP contribution in [-0.4, -0.2) is 71.0 Å².